The quantitative estimate of drug-likeness (QED) is 0.767. The fourth-order valence-electron chi connectivity index (χ4n) is 1.81. The Morgan fingerprint density at radius 3 is 2.00 bits per heavy atom. The van der Waals surface area contributed by atoms with Gasteiger partial charge in [-0.2, -0.15) is 0 Å². The van der Waals surface area contributed by atoms with Crippen LogP contribution in [0.15, 0.2) is 30.3 Å². The molecular formula is C14H21BO3. The van der Waals surface area contributed by atoms with E-state index in [9.17, 15) is 0 Å². The molecule has 0 radical (unpaired) electrons. The second-order valence-corrected chi connectivity index (χ2v) is 5.73. The van der Waals surface area contributed by atoms with E-state index >= 15 is 0 Å². The van der Waals surface area contributed by atoms with Crippen molar-refractivity contribution in [2.45, 2.75) is 51.9 Å². The molecular weight excluding hydrogens is 227 g/mol. The molecule has 0 spiro atoms. The molecule has 98 valence electrons. The molecule has 0 N–H and O–H groups in total. The van der Waals surface area contributed by atoms with Crippen molar-refractivity contribution in [2.24, 2.45) is 0 Å². The molecule has 0 aromatic heterocycles. The lowest BCUT2D eigenvalue weighted by Gasteiger charge is -2.31. The molecule has 0 bridgehead atoms. The van der Waals surface area contributed by atoms with Gasteiger partial charge in [0.25, 0.3) is 0 Å². The van der Waals surface area contributed by atoms with Crippen LogP contribution < -0.4 is 0 Å². The predicted molar refractivity (Wildman–Crippen MR) is 72.0 cm³/mol. The van der Waals surface area contributed by atoms with Crippen LogP contribution in [0.2, 0.25) is 0 Å². The predicted octanol–water partition coefficient (Wildman–Crippen LogP) is 3.35. The zero-order chi connectivity index (χ0) is 13.4. The fourth-order valence-corrected chi connectivity index (χ4v) is 1.81. The highest BCUT2D eigenvalue weighted by Gasteiger charge is 2.53. The van der Waals surface area contributed by atoms with Gasteiger partial charge in [0.05, 0.1) is 17.3 Å². The summed E-state index contributed by atoms with van der Waals surface area (Å²) in [5, 5.41) is 0. The molecule has 1 aliphatic rings. The van der Waals surface area contributed by atoms with Crippen molar-refractivity contribution < 1.29 is 14.0 Å². The monoisotopic (exact) mass is 248 g/mol. The van der Waals surface area contributed by atoms with Crippen molar-refractivity contribution in [3.63, 3.8) is 0 Å². The van der Waals surface area contributed by atoms with Gasteiger partial charge >= 0.3 is 7.32 Å². The summed E-state index contributed by atoms with van der Waals surface area (Å²) < 4.78 is 17.4. The van der Waals surface area contributed by atoms with Crippen LogP contribution in [-0.2, 0) is 14.0 Å². The Morgan fingerprint density at radius 2 is 1.50 bits per heavy atom. The summed E-state index contributed by atoms with van der Waals surface area (Å²) in [6, 6.07) is 10.1. The van der Waals surface area contributed by atoms with Crippen molar-refractivity contribution in [3.05, 3.63) is 35.9 Å². The van der Waals surface area contributed by atoms with Crippen molar-refractivity contribution in [1.29, 1.82) is 0 Å². The van der Waals surface area contributed by atoms with E-state index in [0.29, 0.717) is 0 Å². The molecule has 1 atom stereocenters. The van der Waals surface area contributed by atoms with Crippen molar-refractivity contribution in [3.8, 4) is 0 Å². The SMILES string of the molecule is CC(OB1OC(C)(C)C(C)(C)O1)c1ccccc1. The lowest BCUT2D eigenvalue weighted by Crippen LogP contribution is -2.41. The third-order valence-corrected chi connectivity index (χ3v) is 3.82. The maximum Gasteiger partial charge on any atom is 0.640 e. The van der Waals surface area contributed by atoms with Crippen molar-refractivity contribution >= 4 is 7.32 Å². The molecule has 3 nitrogen and oxygen atoms in total. The molecule has 1 heterocycles. The van der Waals surface area contributed by atoms with Crippen LogP contribution in [0.5, 0.6) is 0 Å². The lowest BCUT2D eigenvalue weighted by atomic mass is 9.90. The molecule has 1 aromatic rings. The minimum atomic E-state index is -0.606. The van der Waals surface area contributed by atoms with Gasteiger partial charge in [0.2, 0.25) is 0 Å². The zero-order valence-electron chi connectivity index (χ0n) is 11.8. The fraction of sp³-hybridized carbons (Fsp3) is 0.571. The highest BCUT2D eigenvalue weighted by Crippen LogP contribution is 2.38. The Morgan fingerprint density at radius 1 is 1.00 bits per heavy atom. The van der Waals surface area contributed by atoms with E-state index in [1.165, 1.54) is 0 Å². The van der Waals surface area contributed by atoms with E-state index in [1.54, 1.807) is 0 Å². The van der Waals surface area contributed by atoms with Crippen LogP contribution in [0, 0.1) is 0 Å². The topological polar surface area (TPSA) is 27.7 Å². The van der Waals surface area contributed by atoms with E-state index in [2.05, 4.69) is 0 Å². The highest BCUT2D eigenvalue weighted by atomic mass is 16.8. The second-order valence-electron chi connectivity index (χ2n) is 5.73. The molecule has 4 heteroatoms. The molecule has 0 aliphatic carbocycles. The summed E-state index contributed by atoms with van der Waals surface area (Å²) in [6.45, 7) is 10.1. The first kappa shape index (κ1) is 13.6. The Kier molecular flexibility index (Phi) is 3.54. The van der Waals surface area contributed by atoms with Gasteiger partial charge in [-0.15, -0.1) is 0 Å². The van der Waals surface area contributed by atoms with Crippen LogP contribution in [-0.4, -0.2) is 18.5 Å². The summed E-state index contributed by atoms with van der Waals surface area (Å²) in [4.78, 5) is 0. The molecule has 1 unspecified atom stereocenters. The van der Waals surface area contributed by atoms with Crippen molar-refractivity contribution in [1.82, 2.24) is 0 Å². The molecule has 1 saturated heterocycles. The Labute approximate surface area is 110 Å². The molecule has 1 aliphatic heterocycles. The molecule has 18 heavy (non-hydrogen) atoms. The normalized spacial score (nSPS) is 23.1. The van der Waals surface area contributed by atoms with Crippen LogP contribution in [0.3, 0.4) is 0 Å². The minimum Gasteiger partial charge on any atom is -0.379 e. The minimum absolute atomic E-state index is 0.0547. The lowest BCUT2D eigenvalue weighted by molar-refractivity contribution is 0.00578. The summed E-state index contributed by atoms with van der Waals surface area (Å²) in [5.74, 6) is 0. The van der Waals surface area contributed by atoms with Crippen LogP contribution >= 0.6 is 0 Å². The second kappa shape index (κ2) is 4.69. The molecule has 1 fully saturated rings. The number of benzene rings is 1. The summed E-state index contributed by atoms with van der Waals surface area (Å²) in [5.41, 5.74) is 0.412. The Bertz CT molecular complexity index is 387. The Hall–Kier alpha value is -0.835. The highest BCUT2D eigenvalue weighted by molar-refractivity contribution is 6.37. The van der Waals surface area contributed by atoms with Gasteiger partial charge in [-0.1, -0.05) is 30.3 Å². The number of hydrogen-bond donors (Lipinski definition) is 0. The summed E-state index contributed by atoms with van der Waals surface area (Å²) in [7, 11) is -0.606. The van der Waals surface area contributed by atoms with Gasteiger partial charge in [0, 0.05) is 0 Å². The zero-order valence-corrected chi connectivity index (χ0v) is 11.8. The van der Waals surface area contributed by atoms with E-state index in [0.717, 1.165) is 5.56 Å². The maximum atomic E-state index is 5.82. The first-order valence-corrected chi connectivity index (χ1v) is 6.38. The van der Waals surface area contributed by atoms with E-state index < -0.39 is 7.32 Å². The summed E-state index contributed by atoms with van der Waals surface area (Å²) >= 11 is 0. The smallest absolute Gasteiger partial charge is 0.379 e. The van der Waals surface area contributed by atoms with Crippen LogP contribution in [0.1, 0.15) is 46.3 Å². The third kappa shape index (κ3) is 2.61. The Balaban J connectivity index is 2.00. The van der Waals surface area contributed by atoms with Gasteiger partial charge in [-0.05, 0) is 40.2 Å². The number of rotatable bonds is 3. The molecule has 1 aromatic carbocycles. The average Bonchev–Trinajstić information content (AvgIpc) is 2.48. The first-order chi connectivity index (χ1) is 8.32. The van der Waals surface area contributed by atoms with Gasteiger partial charge in [-0.25, -0.2) is 0 Å². The van der Waals surface area contributed by atoms with Crippen molar-refractivity contribution in [2.75, 3.05) is 0 Å². The van der Waals surface area contributed by atoms with Gasteiger partial charge < -0.3 is 14.0 Å². The molecule has 0 amide bonds. The van der Waals surface area contributed by atoms with E-state index in [1.807, 2.05) is 65.0 Å². The largest absolute Gasteiger partial charge is 0.640 e. The van der Waals surface area contributed by atoms with Gasteiger partial charge in [0.15, 0.2) is 0 Å². The standard InChI is InChI=1S/C14H21BO3/c1-11(12-9-7-6-8-10-12)16-15-17-13(2,3)14(4,5)18-15/h6-11H,1-5H3. The van der Waals surface area contributed by atoms with E-state index in [4.69, 9.17) is 14.0 Å². The molecule has 0 saturated carbocycles. The number of hydrogen-bond acceptors (Lipinski definition) is 3. The van der Waals surface area contributed by atoms with Gasteiger partial charge in [-0.3, -0.25) is 0 Å². The third-order valence-electron chi connectivity index (χ3n) is 3.82. The first-order valence-electron chi connectivity index (χ1n) is 6.38. The van der Waals surface area contributed by atoms with Crippen LogP contribution in [0.4, 0.5) is 0 Å². The van der Waals surface area contributed by atoms with Gasteiger partial charge in [0.1, 0.15) is 0 Å². The maximum absolute atomic E-state index is 5.82. The van der Waals surface area contributed by atoms with E-state index in [-0.39, 0.29) is 17.3 Å². The van der Waals surface area contributed by atoms with Crippen LogP contribution in [0.25, 0.3) is 0 Å². The average molecular weight is 248 g/mol. The summed E-state index contributed by atoms with van der Waals surface area (Å²) in [6.07, 6.45) is -0.0547. The molecule has 2 rings (SSSR count).